The van der Waals surface area contributed by atoms with Crippen molar-refractivity contribution in [1.82, 2.24) is 21.3 Å². The Hall–Kier alpha value is -4.36. The summed E-state index contributed by atoms with van der Waals surface area (Å²) >= 11 is 0. The number of hydrogen-bond acceptors (Lipinski definition) is 16. The smallest absolute Gasteiger partial charge is 0.246 e. The van der Waals surface area contributed by atoms with Gasteiger partial charge in [0.25, 0.3) is 0 Å². The van der Waals surface area contributed by atoms with Gasteiger partial charge >= 0.3 is 0 Å². The molecule has 0 aromatic heterocycles. The van der Waals surface area contributed by atoms with E-state index < -0.39 is 5.41 Å². The predicted octanol–water partition coefficient (Wildman–Crippen LogP) is -2.83. The molecule has 61 heavy (non-hydrogen) atoms. The second kappa shape index (κ2) is 43.7. The van der Waals surface area contributed by atoms with Gasteiger partial charge in [0.1, 0.15) is 26.4 Å². The van der Waals surface area contributed by atoms with Crippen molar-refractivity contribution in [1.29, 1.82) is 0 Å². The molecule has 20 heteroatoms. The molecule has 0 atom stereocenters. The van der Waals surface area contributed by atoms with E-state index in [1.54, 1.807) is 0 Å². The van der Waals surface area contributed by atoms with Gasteiger partial charge in [-0.1, -0.05) is 23.7 Å². The fraction of sp³-hybridized carbons (Fsp3) is 0.707. The van der Waals surface area contributed by atoms with E-state index in [2.05, 4.69) is 44.9 Å². The number of ether oxygens (including phenoxy) is 12. The van der Waals surface area contributed by atoms with Crippen molar-refractivity contribution in [2.24, 2.45) is 5.41 Å². The third-order valence-corrected chi connectivity index (χ3v) is 7.09. The van der Waals surface area contributed by atoms with Crippen molar-refractivity contribution in [2.75, 3.05) is 185 Å². The molecular formula is C41H64N4O16. The van der Waals surface area contributed by atoms with Crippen LogP contribution in [0.2, 0.25) is 0 Å². The molecule has 0 aliphatic heterocycles. The average Bonchev–Trinajstić information content (AvgIpc) is 3.26. The zero-order chi connectivity index (χ0) is 44.8. The van der Waals surface area contributed by atoms with Crippen molar-refractivity contribution in [3.05, 3.63) is 0 Å². The van der Waals surface area contributed by atoms with E-state index in [0.29, 0.717) is 0 Å². The summed E-state index contributed by atoms with van der Waals surface area (Å²) in [5.41, 5.74) is -0.798. The SMILES string of the molecule is C#CCNC(=O)COCCOCCOCC(COCCOCCOCC(=O)NCC#C)(COCCOCCOCC(=O)NCC#C)COCCOCCOCC(=O)NCC#C. The molecule has 0 radical (unpaired) electrons. The van der Waals surface area contributed by atoms with Gasteiger partial charge in [0.15, 0.2) is 0 Å². The van der Waals surface area contributed by atoms with Crippen LogP contribution in [-0.4, -0.2) is 208 Å². The van der Waals surface area contributed by atoms with E-state index in [0.717, 1.165) is 0 Å². The van der Waals surface area contributed by atoms with Crippen molar-refractivity contribution in [3.63, 3.8) is 0 Å². The number of amides is 4. The Bertz CT molecular complexity index is 1110. The topological polar surface area (TPSA) is 227 Å². The highest BCUT2D eigenvalue weighted by atomic mass is 16.6. The molecule has 0 unspecified atom stereocenters. The molecule has 0 rings (SSSR count). The Morgan fingerprint density at radius 3 is 0.689 bits per heavy atom. The van der Waals surface area contributed by atoms with Crippen LogP contribution in [0.25, 0.3) is 0 Å². The fourth-order valence-electron chi connectivity index (χ4n) is 4.22. The summed E-state index contributed by atoms with van der Waals surface area (Å²) in [4.78, 5) is 46.4. The van der Waals surface area contributed by atoms with E-state index in [9.17, 15) is 19.2 Å². The van der Waals surface area contributed by atoms with Crippen LogP contribution in [-0.2, 0) is 76.0 Å². The van der Waals surface area contributed by atoms with Crippen molar-refractivity contribution in [3.8, 4) is 49.4 Å². The largest absolute Gasteiger partial charge is 0.378 e. The number of terminal acetylenes is 4. The molecule has 0 aliphatic rings. The standard InChI is InChI=1S/C41H64N4O16/c1-5-9-42-37(46)29-54-21-13-50-17-25-58-33-41(34-59-26-18-51-14-22-55-30-38(47)43-10-6-2,35-60-27-19-52-15-23-56-31-39(48)44-11-7-3)36-61-28-20-53-16-24-57-32-40(49)45-12-8-4/h1-4H,9-36H2,(H,42,46)(H,43,47)(H,44,48)(H,45,49). The molecule has 0 spiro atoms. The molecule has 0 fully saturated rings. The summed E-state index contributed by atoms with van der Waals surface area (Å²) in [7, 11) is 0. The van der Waals surface area contributed by atoms with Gasteiger partial charge in [-0.15, -0.1) is 25.7 Å². The van der Waals surface area contributed by atoms with Gasteiger partial charge in [-0.25, -0.2) is 0 Å². The van der Waals surface area contributed by atoms with Crippen molar-refractivity contribution >= 4 is 23.6 Å². The first-order valence-electron chi connectivity index (χ1n) is 19.6. The van der Waals surface area contributed by atoms with Crippen molar-refractivity contribution < 1.29 is 76.0 Å². The molecule has 4 amide bonds. The number of carbonyl (C=O) groups excluding carboxylic acids is 4. The van der Waals surface area contributed by atoms with Crippen LogP contribution in [0.4, 0.5) is 0 Å². The number of carbonyl (C=O) groups is 4. The first kappa shape index (κ1) is 56.6. The zero-order valence-electron chi connectivity index (χ0n) is 35.1. The zero-order valence-corrected chi connectivity index (χ0v) is 35.1. The number of nitrogens with one attached hydrogen (secondary N) is 4. The molecule has 0 aromatic rings. The highest BCUT2D eigenvalue weighted by Gasteiger charge is 2.32. The summed E-state index contributed by atoms with van der Waals surface area (Å²) in [5.74, 6) is 7.98. The van der Waals surface area contributed by atoms with E-state index in [1.807, 2.05) is 0 Å². The van der Waals surface area contributed by atoms with E-state index in [-0.39, 0.29) is 208 Å². The van der Waals surface area contributed by atoms with Gasteiger partial charge in [0, 0.05) is 0 Å². The van der Waals surface area contributed by atoms with Gasteiger partial charge in [-0.05, 0) is 0 Å². The summed E-state index contributed by atoms with van der Waals surface area (Å²) in [6.45, 7) is 4.24. The summed E-state index contributed by atoms with van der Waals surface area (Å²) in [5, 5.41) is 10.0. The minimum atomic E-state index is -0.798. The van der Waals surface area contributed by atoms with Gasteiger partial charge in [0.2, 0.25) is 23.6 Å². The Kier molecular flexibility index (Phi) is 40.6. The fourth-order valence-corrected chi connectivity index (χ4v) is 4.22. The van der Waals surface area contributed by atoms with Crippen LogP contribution in [0.15, 0.2) is 0 Å². The van der Waals surface area contributed by atoms with E-state index >= 15 is 0 Å². The van der Waals surface area contributed by atoms with Gasteiger partial charge in [-0.2, -0.15) is 0 Å². The summed E-state index contributed by atoms with van der Waals surface area (Å²) in [6.07, 6.45) is 20.5. The average molecular weight is 869 g/mol. The number of hydrogen-bond donors (Lipinski definition) is 4. The quantitative estimate of drug-likeness (QED) is 0.0358. The van der Waals surface area contributed by atoms with Crippen LogP contribution in [0.5, 0.6) is 0 Å². The minimum Gasteiger partial charge on any atom is -0.378 e. The highest BCUT2D eigenvalue weighted by Crippen LogP contribution is 2.21. The Labute approximate surface area is 360 Å². The maximum atomic E-state index is 11.6. The predicted molar refractivity (Wildman–Crippen MR) is 220 cm³/mol. The van der Waals surface area contributed by atoms with Crippen LogP contribution >= 0.6 is 0 Å². The van der Waals surface area contributed by atoms with Crippen molar-refractivity contribution in [2.45, 2.75) is 0 Å². The second-order valence-corrected chi connectivity index (χ2v) is 12.3. The van der Waals surface area contributed by atoms with E-state index in [1.165, 1.54) is 0 Å². The molecule has 0 heterocycles. The second-order valence-electron chi connectivity index (χ2n) is 12.3. The lowest BCUT2D eigenvalue weighted by atomic mass is 9.92. The molecular weight excluding hydrogens is 804 g/mol. The van der Waals surface area contributed by atoms with Gasteiger partial charge in [0.05, 0.1) is 164 Å². The van der Waals surface area contributed by atoms with Crippen LogP contribution < -0.4 is 21.3 Å². The minimum absolute atomic E-state index is 0.125. The van der Waals surface area contributed by atoms with Gasteiger partial charge < -0.3 is 78.1 Å². The summed E-state index contributed by atoms with van der Waals surface area (Å²) < 4.78 is 67.6. The lowest BCUT2D eigenvalue weighted by Gasteiger charge is -2.33. The van der Waals surface area contributed by atoms with Gasteiger partial charge in [-0.3, -0.25) is 19.2 Å². The third kappa shape index (κ3) is 39.5. The molecule has 0 saturated heterocycles. The molecule has 344 valence electrons. The monoisotopic (exact) mass is 868 g/mol. The lowest BCUT2D eigenvalue weighted by molar-refractivity contribution is -0.127. The normalized spacial score (nSPS) is 10.8. The van der Waals surface area contributed by atoms with Crippen LogP contribution in [0.3, 0.4) is 0 Å². The Morgan fingerprint density at radius 2 is 0.492 bits per heavy atom. The van der Waals surface area contributed by atoms with E-state index in [4.69, 9.17) is 82.5 Å². The lowest BCUT2D eigenvalue weighted by Crippen LogP contribution is -2.43. The molecule has 0 saturated carbocycles. The van der Waals surface area contributed by atoms with Crippen LogP contribution in [0.1, 0.15) is 0 Å². The highest BCUT2D eigenvalue weighted by molar-refractivity contribution is 5.78. The molecule has 20 nitrogen and oxygen atoms in total. The molecule has 0 bridgehead atoms. The van der Waals surface area contributed by atoms with Crippen LogP contribution in [0, 0.1) is 54.8 Å². The summed E-state index contributed by atoms with van der Waals surface area (Å²) in [6, 6.07) is 0. The Balaban J connectivity index is 5.13. The first-order chi connectivity index (χ1) is 29.8. The molecule has 0 aliphatic carbocycles. The maximum absolute atomic E-state index is 11.6. The first-order valence-corrected chi connectivity index (χ1v) is 19.6. The number of rotatable bonds is 44. The third-order valence-electron chi connectivity index (χ3n) is 7.09. The molecule has 4 N–H and O–H groups in total. The Morgan fingerprint density at radius 1 is 0.311 bits per heavy atom. The molecule has 0 aromatic carbocycles. The maximum Gasteiger partial charge on any atom is 0.246 e.